The third kappa shape index (κ3) is 6.31. The molecule has 0 N–H and O–H groups in total. The van der Waals surface area contributed by atoms with Gasteiger partial charge in [-0.2, -0.15) is 0 Å². The fraction of sp³-hybridized carbons (Fsp3) is 0.583. The molecule has 0 atom stereocenters. The third-order valence-corrected chi connectivity index (χ3v) is 7.17. The summed E-state index contributed by atoms with van der Waals surface area (Å²) in [5.41, 5.74) is 2.34. The van der Waals surface area contributed by atoms with Crippen LogP contribution in [0.15, 0.2) is 40.8 Å². The van der Waals surface area contributed by atoms with Crippen molar-refractivity contribution in [2.75, 3.05) is 13.2 Å². The SMILES string of the molecule is CCCCCCCCc1cc(Cc2ccccc2)c(P2(=O)OCC(C)(C)CO2)o1. The number of hydrogen-bond acceptors (Lipinski definition) is 4. The Hall–Kier alpha value is -1.35. The first-order chi connectivity index (χ1) is 13.9. The van der Waals surface area contributed by atoms with Gasteiger partial charge >= 0.3 is 7.60 Å². The summed E-state index contributed by atoms with van der Waals surface area (Å²) in [4.78, 5) is 0. The third-order valence-electron chi connectivity index (χ3n) is 5.35. The number of aryl methyl sites for hydroxylation is 1. The quantitative estimate of drug-likeness (QED) is 0.319. The molecule has 3 rings (SSSR count). The predicted molar refractivity (Wildman–Crippen MR) is 118 cm³/mol. The van der Waals surface area contributed by atoms with E-state index in [0.717, 1.165) is 29.7 Å². The highest BCUT2D eigenvalue weighted by atomic mass is 31.2. The minimum Gasteiger partial charge on any atom is -0.453 e. The van der Waals surface area contributed by atoms with Crippen molar-refractivity contribution in [2.24, 2.45) is 5.41 Å². The maximum Gasteiger partial charge on any atom is 0.396 e. The first-order valence-electron chi connectivity index (χ1n) is 11.0. The zero-order valence-corrected chi connectivity index (χ0v) is 19.0. The fourth-order valence-corrected chi connectivity index (χ4v) is 5.64. The zero-order chi connectivity index (χ0) is 20.7. The van der Waals surface area contributed by atoms with Crippen molar-refractivity contribution in [3.05, 3.63) is 53.3 Å². The lowest BCUT2D eigenvalue weighted by Crippen LogP contribution is -2.32. The summed E-state index contributed by atoms with van der Waals surface area (Å²) < 4.78 is 31.1. The van der Waals surface area contributed by atoms with Crippen LogP contribution in [0.5, 0.6) is 0 Å². The zero-order valence-electron chi connectivity index (χ0n) is 18.1. The Morgan fingerprint density at radius 3 is 2.31 bits per heavy atom. The fourth-order valence-electron chi connectivity index (χ4n) is 3.57. The van der Waals surface area contributed by atoms with Gasteiger partial charge in [-0.25, -0.2) is 0 Å². The molecule has 1 aromatic carbocycles. The van der Waals surface area contributed by atoms with Gasteiger partial charge in [-0.1, -0.05) is 83.2 Å². The van der Waals surface area contributed by atoms with Crippen LogP contribution in [-0.2, 0) is 26.5 Å². The smallest absolute Gasteiger partial charge is 0.396 e. The second-order valence-electron chi connectivity index (χ2n) is 8.93. The van der Waals surface area contributed by atoms with Gasteiger partial charge < -0.3 is 13.5 Å². The van der Waals surface area contributed by atoms with Crippen LogP contribution in [0.3, 0.4) is 0 Å². The van der Waals surface area contributed by atoms with E-state index in [1.165, 1.54) is 32.1 Å². The van der Waals surface area contributed by atoms with Gasteiger partial charge in [0, 0.05) is 23.8 Å². The summed E-state index contributed by atoms with van der Waals surface area (Å²) in [5, 5.41) is 0. The van der Waals surface area contributed by atoms with Crippen molar-refractivity contribution in [1.82, 2.24) is 0 Å². The van der Waals surface area contributed by atoms with E-state index in [2.05, 4.69) is 25.1 Å². The number of rotatable bonds is 10. The van der Waals surface area contributed by atoms with Gasteiger partial charge in [0.25, 0.3) is 0 Å². The van der Waals surface area contributed by atoms with Gasteiger partial charge in [0.15, 0.2) is 0 Å². The van der Waals surface area contributed by atoms with E-state index in [1.807, 2.05) is 32.0 Å². The topological polar surface area (TPSA) is 48.7 Å². The van der Waals surface area contributed by atoms with Crippen LogP contribution in [0.25, 0.3) is 0 Å². The van der Waals surface area contributed by atoms with Crippen LogP contribution in [0.1, 0.15) is 76.2 Å². The molecule has 4 nitrogen and oxygen atoms in total. The summed E-state index contributed by atoms with van der Waals surface area (Å²) >= 11 is 0. The molecule has 0 unspecified atom stereocenters. The van der Waals surface area contributed by atoms with Gasteiger partial charge in [-0.15, -0.1) is 0 Å². The summed E-state index contributed by atoms with van der Waals surface area (Å²) in [6.45, 7) is 7.14. The number of unbranched alkanes of at least 4 members (excludes halogenated alkanes) is 5. The summed E-state index contributed by atoms with van der Waals surface area (Å²) in [6.07, 6.45) is 8.93. The Morgan fingerprint density at radius 1 is 0.966 bits per heavy atom. The highest BCUT2D eigenvalue weighted by Gasteiger charge is 2.42. The molecular formula is C24H35O4P. The average molecular weight is 419 g/mol. The lowest BCUT2D eigenvalue weighted by atomic mass is 9.97. The largest absolute Gasteiger partial charge is 0.453 e. The van der Waals surface area contributed by atoms with Crippen LogP contribution >= 0.6 is 7.60 Å². The monoisotopic (exact) mass is 418 g/mol. The van der Waals surface area contributed by atoms with E-state index in [-0.39, 0.29) is 5.41 Å². The molecule has 0 saturated carbocycles. The molecule has 5 heteroatoms. The first kappa shape index (κ1) is 22.3. The second kappa shape index (κ2) is 10.1. The molecule has 29 heavy (non-hydrogen) atoms. The molecule has 2 aromatic rings. The first-order valence-corrected chi connectivity index (χ1v) is 12.5. The molecule has 1 saturated heterocycles. The molecule has 0 bridgehead atoms. The Bertz CT molecular complexity index is 796. The van der Waals surface area contributed by atoms with Crippen LogP contribution < -0.4 is 5.50 Å². The van der Waals surface area contributed by atoms with E-state index in [0.29, 0.717) is 25.1 Å². The molecule has 0 spiro atoms. The van der Waals surface area contributed by atoms with Gasteiger partial charge in [-0.05, 0) is 18.1 Å². The Kier molecular flexibility index (Phi) is 7.79. The number of furan rings is 1. The van der Waals surface area contributed by atoms with Crippen molar-refractivity contribution in [1.29, 1.82) is 0 Å². The van der Waals surface area contributed by atoms with Gasteiger partial charge in [0.2, 0.25) is 5.50 Å². The molecule has 0 amide bonds. The van der Waals surface area contributed by atoms with Crippen molar-refractivity contribution in [3.8, 4) is 0 Å². The predicted octanol–water partition coefficient (Wildman–Crippen LogP) is 6.66. The Balaban J connectivity index is 1.74. The highest BCUT2D eigenvalue weighted by Crippen LogP contribution is 2.53. The molecule has 0 radical (unpaired) electrons. The lowest BCUT2D eigenvalue weighted by Gasteiger charge is -2.33. The van der Waals surface area contributed by atoms with E-state index in [4.69, 9.17) is 13.5 Å². The summed E-state index contributed by atoms with van der Waals surface area (Å²) in [5.74, 6) is 0.883. The molecular weight excluding hydrogens is 383 g/mol. The van der Waals surface area contributed by atoms with Gasteiger partial charge in [-0.3, -0.25) is 4.57 Å². The molecule has 1 aliphatic heterocycles. The van der Waals surface area contributed by atoms with Crippen LogP contribution in [0.2, 0.25) is 0 Å². The van der Waals surface area contributed by atoms with E-state index >= 15 is 0 Å². The standard InChI is InChI=1S/C24H35O4P/c1-4-5-6-7-8-12-15-22-17-21(16-20-13-10-9-11-14-20)23(28-22)29(25)26-18-24(2,3)19-27-29/h9-11,13-14,17H,4-8,12,15-16,18-19H2,1-3H3. The summed E-state index contributed by atoms with van der Waals surface area (Å²) in [6, 6.07) is 12.2. The summed E-state index contributed by atoms with van der Waals surface area (Å²) in [7, 11) is -3.42. The highest BCUT2D eigenvalue weighted by molar-refractivity contribution is 7.61. The molecule has 2 heterocycles. The van der Waals surface area contributed by atoms with Crippen LogP contribution in [0.4, 0.5) is 0 Å². The van der Waals surface area contributed by atoms with E-state index in [1.54, 1.807) is 0 Å². The van der Waals surface area contributed by atoms with E-state index in [9.17, 15) is 4.57 Å². The molecule has 1 aromatic heterocycles. The van der Waals surface area contributed by atoms with Gasteiger partial charge in [0.05, 0.1) is 13.2 Å². The van der Waals surface area contributed by atoms with Crippen molar-refractivity contribution in [2.45, 2.75) is 72.1 Å². The Labute approximate surface area is 175 Å². The van der Waals surface area contributed by atoms with Gasteiger partial charge in [0.1, 0.15) is 5.76 Å². The van der Waals surface area contributed by atoms with Crippen molar-refractivity contribution >= 4 is 13.1 Å². The van der Waals surface area contributed by atoms with E-state index < -0.39 is 7.60 Å². The minimum absolute atomic E-state index is 0.137. The molecule has 1 fully saturated rings. The van der Waals surface area contributed by atoms with Crippen LogP contribution in [0, 0.1) is 5.41 Å². The Morgan fingerprint density at radius 2 is 1.62 bits per heavy atom. The maximum atomic E-state index is 13.5. The second-order valence-corrected chi connectivity index (χ2v) is 10.8. The molecule has 0 aliphatic carbocycles. The maximum absolute atomic E-state index is 13.5. The molecule has 1 aliphatic rings. The number of hydrogen-bond donors (Lipinski definition) is 0. The van der Waals surface area contributed by atoms with Crippen molar-refractivity contribution < 1.29 is 18.0 Å². The van der Waals surface area contributed by atoms with Crippen LogP contribution in [-0.4, -0.2) is 13.2 Å². The normalized spacial score (nSPS) is 18.0. The number of benzene rings is 1. The van der Waals surface area contributed by atoms with Crippen molar-refractivity contribution in [3.63, 3.8) is 0 Å². The average Bonchev–Trinajstić information content (AvgIpc) is 3.11. The minimum atomic E-state index is -3.42. The molecule has 160 valence electrons. The lowest BCUT2D eigenvalue weighted by molar-refractivity contribution is 0.0447.